The molecule has 0 bridgehead atoms. The molecule has 0 spiro atoms. The first-order valence-electron chi connectivity index (χ1n) is 5.24. The molecule has 1 aliphatic heterocycles. The van der Waals surface area contributed by atoms with Crippen LogP contribution in [0.2, 0.25) is 0 Å². The zero-order valence-electron chi connectivity index (χ0n) is 9.23. The molecule has 1 fully saturated rings. The predicted molar refractivity (Wildman–Crippen MR) is 60.1 cm³/mol. The molecule has 1 saturated heterocycles. The van der Waals surface area contributed by atoms with Crippen LogP contribution in [0.25, 0.3) is 0 Å². The fraction of sp³-hybridized carbons (Fsp3) is 0.545. The number of rotatable bonds is 2. The van der Waals surface area contributed by atoms with Gasteiger partial charge >= 0.3 is 0 Å². The SMILES string of the molecule is CN(C)c1cccc([C@H]2CNCCO2)n1. The summed E-state index contributed by atoms with van der Waals surface area (Å²) in [6, 6.07) is 6.04. The summed E-state index contributed by atoms with van der Waals surface area (Å²) < 4.78 is 5.66. The van der Waals surface area contributed by atoms with E-state index in [1.165, 1.54) is 0 Å². The van der Waals surface area contributed by atoms with Crippen LogP contribution in [0.1, 0.15) is 11.8 Å². The Labute approximate surface area is 90.3 Å². The van der Waals surface area contributed by atoms with Crippen molar-refractivity contribution in [3.63, 3.8) is 0 Å². The summed E-state index contributed by atoms with van der Waals surface area (Å²) in [5, 5.41) is 3.30. The van der Waals surface area contributed by atoms with E-state index in [0.717, 1.165) is 31.2 Å². The summed E-state index contributed by atoms with van der Waals surface area (Å²) in [6.07, 6.45) is 0.0960. The summed E-state index contributed by atoms with van der Waals surface area (Å²) in [5.41, 5.74) is 1.01. The second-order valence-corrected chi connectivity index (χ2v) is 3.88. The van der Waals surface area contributed by atoms with Crippen LogP contribution in [0.5, 0.6) is 0 Å². The van der Waals surface area contributed by atoms with Crippen LogP contribution in [0.4, 0.5) is 5.82 Å². The normalized spacial score (nSPS) is 21.3. The summed E-state index contributed by atoms with van der Waals surface area (Å²) in [4.78, 5) is 6.56. The Balaban J connectivity index is 2.16. The van der Waals surface area contributed by atoms with Crippen LogP contribution >= 0.6 is 0 Å². The van der Waals surface area contributed by atoms with Gasteiger partial charge in [0.2, 0.25) is 0 Å². The number of morpholine rings is 1. The third-order valence-corrected chi connectivity index (χ3v) is 2.47. The largest absolute Gasteiger partial charge is 0.369 e. The Morgan fingerprint density at radius 3 is 3.00 bits per heavy atom. The van der Waals surface area contributed by atoms with Crippen molar-refractivity contribution >= 4 is 5.82 Å². The van der Waals surface area contributed by atoms with Gasteiger partial charge in [0.15, 0.2) is 0 Å². The number of anilines is 1. The first-order valence-corrected chi connectivity index (χ1v) is 5.24. The number of nitrogens with zero attached hydrogens (tertiary/aromatic N) is 2. The zero-order valence-corrected chi connectivity index (χ0v) is 9.23. The predicted octanol–water partition coefficient (Wildman–Crippen LogP) is 0.808. The van der Waals surface area contributed by atoms with Crippen molar-refractivity contribution in [1.29, 1.82) is 0 Å². The van der Waals surface area contributed by atoms with E-state index in [1.54, 1.807) is 0 Å². The molecule has 1 aromatic rings. The molecular weight excluding hydrogens is 190 g/mol. The van der Waals surface area contributed by atoms with Crippen molar-refractivity contribution in [3.05, 3.63) is 23.9 Å². The highest BCUT2D eigenvalue weighted by molar-refractivity contribution is 5.37. The molecule has 0 aliphatic carbocycles. The van der Waals surface area contributed by atoms with Crippen LogP contribution < -0.4 is 10.2 Å². The third-order valence-electron chi connectivity index (χ3n) is 2.47. The molecule has 0 unspecified atom stereocenters. The lowest BCUT2D eigenvalue weighted by Crippen LogP contribution is -2.33. The van der Waals surface area contributed by atoms with Crippen LogP contribution in [0, 0.1) is 0 Å². The minimum atomic E-state index is 0.0960. The van der Waals surface area contributed by atoms with E-state index in [1.807, 2.05) is 37.2 Å². The molecule has 2 heterocycles. The maximum Gasteiger partial charge on any atom is 0.128 e. The standard InChI is InChI=1S/C11H17N3O/c1-14(2)11-5-3-4-9(13-11)10-8-12-6-7-15-10/h3-5,10,12H,6-8H2,1-2H3/t10-/m1/s1. The zero-order chi connectivity index (χ0) is 10.7. The molecule has 1 aliphatic rings. The molecule has 15 heavy (non-hydrogen) atoms. The second kappa shape index (κ2) is 4.59. The second-order valence-electron chi connectivity index (χ2n) is 3.88. The molecule has 4 heteroatoms. The fourth-order valence-corrected chi connectivity index (χ4v) is 1.62. The molecule has 1 N–H and O–H groups in total. The van der Waals surface area contributed by atoms with Gasteiger partial charge in [-0.3, -0.25) is 0 Å². The Kier molecular flexibility index (Phi) is 3.18. The van der Waals surface area contributed by atoms with Gasteiger partial charge in [-0.1, -0.05) is 6.07 Å². The molecule has 1 atom stereocenters. The lowest BCUT2D eigenvalue weighted by molar-refractivity contribution is 0.0251. The maximum absolute atomic E-state index is 5.66. The highest BCUT2D eigenvalue weighted by Gasteiger charge is 2.17. The van der Waals surface area contributed by atoms with Gasteiger partial charge in [0, 0.05) is 27.2 Å². The van der Waals surface area contributed by atoms with E-state index in [4.69, 9.17) is 4.74 Å². The molecule has 4 nitrogen and oxygen atoms in total. The van der Waals surface area contributed by atoms with Crippen LogP contribution in [-0.4, -0.2) is 38.8 Å². The summed E-state index contributed by atoms with van der Waals surface area (Å²) in [7, 11) is 3.98. The van der Waals surface area contributed by atoms with Crippen molar-refractivity contribution in [3.8, 4) is 0 Å². The number of nitrogens with one attached hydrogen (secondary N) is 1. The number of hydrogen-bond donors (Lipinski definition) is 1. The van der Waals surface area contributed by atoms with E-state index >= 15 is 0 Å². The monoisotopic (exact) mass is 207 g/mol. The van der Waals surface area contributed by atoms with E-state index in [9.17, 15) is 0 Å². The average molecular weight is 207 g/mol. The summed E-state index contributed by atoms with van der Waals surface area (Å²) in [5.74, 6) is 0.974. The number of ether oxygens (including phenoxy) is 1. The number of pyridine rings is 1. The van der Waals surface area contributed by atoms with Crippen LogP contribution in [0.3, 0.4) is 0 Å². The van der Waals surface area contributed by atoms with E-state index in [0.29, 0.717) is 0 Å². The van der Waals surface area contributed by atoms with E-state index < -0.39 is 0 Å². The third kappa shape index (κ3) is 2.46. The smallest absolute Gasteiger partial charge is 0.128 e. The van der Waals surface area contributed by atoms with Crippen molar-refractivity contribution in [1.82, 2.24) is 10.3 Å². The molecule has 2 rings (SSSR count). The number of aromatic nitrogens is 1. The first kappa shape index (κ1) is 10.4. The van der Waals surface area contributed by atoms with Gasteiger partial charge in [0.05, 0.1) is 12.3 Å². The minimum absolute atomic E-state index is 0.0960. The summed E-state index contributed by atoms with van der Waals surface area (Å²) in [6.45, 7) is 2.55. The molecule has 0 radical (unpaired) electrons. The van der Waals surface area contributed by atoms with Gasteiger partial charge in [-0.15, -0.1) is 0 Å². The van der Waals surface area contributed by atoms with Crippen LogP contribution in [-0.2, 0) is 4.74 Å². The van der Waals surface area contributed by atoms with Gasteiger partial charge in [-0.05, 0) is 12.1 Å². The first-order chi connectivity index (χ1) is 7.27. The van der Waals surface area contributed by atoms with Crippen molar-refractivity contribution < 1.29 is 4.74 Å². The molecular formula is C11H17N3O. The van der Waals surface area contributed by atoms with Gasteiger partial charge in [-0.25, -0.2) is 4.98 Å². The van der Waals surface area contributed by atoms with E-state index in [2.05, 4.69) is 10.3 Å². The number of hydrogen-bond acceptors (Lipinski definition) is 4. The van der Waals surface area contributed by atoms with Gasteiger partial charge in [0.1, 0.15) is 11.9 Å². The highest BCUT2D eigenvalue weighted by atomic mass is 16.5. The van der Waals surface area contributed by atoms with Crippen molar-refractivity contribution in [2.24, 2.45) is 0 Å². The fourth-order valence-electron chi connectivity index (χ4n) is 1.62. The highest BCUT2D eigenvalue weighted by Crippen LogP contribution is 2.18. The molecule has 1 aromatic heterocycles. The average Bonchev–Trinajstić information content (AvgIpc) is 2.30. The molecule has 0 aromatic carbocycles. The maximum atomic E-state index is 5.66. The lowest BCUT2D eigenvalue weighted by atomic mass is 10.2. The van der Waals surface area contributed by atoms with Gasteiger partial charge in [0.25, 0.3) is 0 Å². The van der Waals surface area contributed by atoms with Crippen LogP contribution in [0.15, 0.2) is 18.2 Å². The van der Waals surface area contributed by atoms with Crippen molar-refractivity contribution in [2.45, 2.75) is 6.10 Å². The van der Waals surface area contributed by atoms with Crippen molar-refractivity contribution in [2.75, 3.05) is 38.7 Å². The van der Waals surface area contributed by atoms with Gasteiger partial charge in [-0.2, -0.15) is 0 Å². The lowest BCUT2D eigenvalue weighted by Gasteiger charge is -2.24. The quantitative estimate of drug-likeness (QED) is 0.778. The Morgan fingerprint density at radius 2 is 2.33 bits per heavy atom. The minimum Gasteiger partial charge on any atom is -0.369 e. The Hall–Kier alpha value is -1.13. The Bertz CT molecular complexity index is 321. The summed E-state index contributed by atoms with van der Waals surface area (Å²) >= 11 is 0. The van der Waals surface area contributed by atoms with E-state index in [-0.39, 0.29) is 6.10 Å². The topological polar surface area (TPSA) is 37.4 Å². The molecule has 0 saturated carbocycles. The Morgan fingerprint density at radius 1 is 1.47 bits per heavy atom. The molecule has 82 valence electrons. The van der Waals surface area contributed by atoms with Gasteiger partial charge < -0.3 is 15.0 Å². The molecule has 0 amide bonds.